The first-order valence-electron chi connectivity index (χ1n) is 5.70. The molecular weight excluding hydrogens is 347 g/mol. The number of nitrogens with two attached hydrogens (primary N) is 1. The van der Waals surface area contributed by atoms with E-state index in [0.29, 0.717) is 10.0 Å². The molecule has 0 heterocycles. The summed E-state index contributed by atoms with van der Waals surface area (Å²) in [5.74, 6) is 5.69. The van der Waals surface area contributed by atoms with Gasteiger partial charge in [-0.25, -0.2) is 5.43 Å². The van der Waals surface area contributed by atoms with Crippen LogP contribution in [-0.2, 0) is 0 Å². The fraction of sp³-hybridized carbons (Fsp3) is 0.143. The van der Waals surface area contributed by atoms with Crippen molar-refractivity contribution in [1.82, 2.24) is 5.43 Å². The average Bonchev–Trinajstić information content (AvgIpc) is 2.34. The van der Waals surface area contributed by atoms with Crippen LogP contribution in [0.4, 0.5) is 0 Å². The van der Waals surface area contributed by atoms with Crippen LogP contribution in [-0.4, -0.2) is 0 Å². The number of benzene rings is 2. The molecule has 2 nitrogen and oxygen atoms in total. The van der Waals surface area contributed by atoms with Crippen molar-refractivity contribution >= 4 is 39.1 Å². The first kappa shape index (κ1) is 14.8. The summed E-state index contributed by atoms with van der Waals surface area (Å²) < 4.78 is 1.00. The van der Waals surface area contributed by atoms with Crippen LogP contribution in [0.5, 0.6) is 0 Å². The van der Waals surface area contributed by atoms with Crippen molar-refractivity contribution in [2.45, 2.75) is 13.0 Å². The van der Waals surface area contributed by atoms with Crippen LogP contribution in [0.15, 0.2) is 40.9 Å². The van der Waals surface area contributed by atoms with Gasteiger partial charge in [0, 0.05) is 4.47 Å². The van der Waals surface area contributed by atoms with E-state index in [1.807, 2.05) is 31.2 Å². The Kier molecular flexibility index (Phi) is 4.87. The van der Waals surface area contributed by atoms with E-state index in [1.165, 1.54) is 0 Å². The standard InChI is InChI=1S/C14H13BrCl2N2/c1-8-5-9(7-10(15)6-8)14(19-18)11-3-2-4-12(16)13(11)17/h2-7,14,19H,18H2,1H3. The summed E-state index contributed by atoms with van der Waals surface area (Å²) in [5, 5.41) is 1.04. The molecule has 0 bridgehead atoms. The van der Waals surface area contributed by atoms with Gasteiger partial charge >= 0.3 is 0 Å². The van der Waals surface area contributed by atoms with Crippen LogP contribution in [0.25, 0.3) is 0 Å². The van der Waals surface area contributed by atoms with Gasteiger partial charge in [0.2, 0.25) is 0 Å². The van der Waals surface area contributed by atoms with Gasteiger partial charge in [0.1, 0.15) is 0 Å². The summed E-state index contributed by atoms with van der Waals surface area (Å²) >= 11 is 15.8. The molecule has 1 unspecified atom stereocenters. The molecular formula is C14H13BrCl2N2. The lowest BCUT2D eigenvalue weighted by Gasteiger charge is -2.19. The smallest absolute Gasteiger partial charge is 0.0725 e. The number of aryl methyl sites for hydroxylation is 1. The largest absolute Gasteiger partial charge is 0.271 e. The lowest BCUT2D eigenvalue weighted by Crippen LogP contribution is -2.29. The van der Waals surface area contributed by atoms with E-state index in [-0.39, 0.29) is 6.04 Å². The zero-order valence-corrected chi connectivity index (χ0v) is 13.4. The Morgan fingerprint density at radius 1 is 1.21 bits per heavy atom. The summed E-state index contributed by atoms with van der Waals surface area (Å²) in [7, 11) is 0. The van der Waals surface area contributed by atoms with E-state index in [2.05, 4.69) is 27.4 Å². The molecule has 19 heavy (non-hydrogen) atoms. The van der Waals surface area contributed by atoms with Gasteiger partial charge in [-0.05, 0) is 41.8 Å². The highest BCUT2D eigenvalue weighted by molar-refractivity contribution is 9.10. The van der Waals surface area contributed by atoms with Gasteiger partial charge in [-0.2, -0.15) is 0 Å². The Morgan fingerprint density at radius 3 is 2.58 bits per heavy atom. The second-order valence-corrected chi connectivity index (χ2v) is 6.01. The predicted molar refractivity (Wildman–Crippen MR) is 84.5 cm³/mol. The molecule has 5 heteroatoms. The summed E-state index contributed by atoms with van der Waals surface area (Å²) in [6, 6.07) is 11.4. The molecule has 0 aliphatic heterocycles. The van der Waals surface area contributed by atoms with Crippen LogP contribution in [0.2, 0.25) is 10.0 Å². The topological polar surface area (TPSA) is 38.0 Å². The zero-order valence-electron chi connectivity index (χ0n) is 10.3. The molecule has 100 valence electrons. The van der Waals surface area contributed by atoms with Crippen LogP contribution in [0.1, 0.15) is 22.7 Å². The SMILES string of the molecule is Cc1cc(Br)cc(C(NN)c2cccc(Cl)c2Cl)c1. The molecule has 2 rings (SSSR count). The molecule has 1 atom stereocenters. The summed E-state index contributed by atoms with van der Waals surface area (Å²) in [6.45, 7) is 2.03. The maximum Gasteiger partial charge on any atom is 0.0725 e. The molecule has 0 radical (unpaired) electrons. The second-order valence-electron chi connectivity index (χ2n) is 4.30. The summed E-state index contributed by atoms with van der Waals surface area (Å²) in [6.07, 6.45) is 0. The molecule has 0 fully saturated rings. The molecule has 0 aliphatic carbocycles. The first-order chi connectivity index (χ1) is 9.02. The zero-order chi connectivity index (χ0) is 14.0. The fourth-order valence-corrected chi connectivity index (χ4v) is 3.08. The van der Waals surface area contributed by atoms with Gasteiger partial charge in [0.15, 0.2) is 0 Å². The average molecular weight is 360 g/mol. The van der Waals surface area contributed by atoms with Gasteiger partial charge in [-0.15, -0.1) is 0 Å². The maximum atomic E-state index is 6.26. The number of hydrazine groups is 1. The predicted octanol–water partition coefficient (Wildman–Crippen LogP) is 4.62. The van der Waals surface area contributed by atoms with Gasteiger partial charge in [-0.3, -0.25) is 5.84 Å². The Hall–Kier alpha value is -0.580. The molecule has 0 amide bonds. The van der Waals surface area contributed by atoms with Crippen molar-refractivity contribution < 1.29 is 0 Å². The monoisotopic (exact) mass is 358 g/mol. The van der Waals surface area contributed by atoms with Crippen LogP contribution >= 0.6 is 39.1 Å². The Morgan fingerprint density at radius 2 is 1.95 bits per heavy atom. The number of hydrogen-bond donors (Lipinski definition) is 2. The number of rotatable bonds is 3. The molecule has 0 saturated carbocycles. The van der Waals surface area contributed by atoms with Crippen molar-refractivity contribution in [3.63, 3.8) is 0 Å². The van der Waals surface area contributed by atoms with E-state index in [0.717, 1.165) is 21.2 Å². The lowest BCUT2D eigenvalue weighted by molar-refractivity contribution is 0.636. The molecule has 2 aromatic rings. The minimum Gasteiger partial charge on any atom is -0.271 e. The Balaban J connectivity index is 2.53. The molecule has 2 aromatic carbocycles. The second kappa shape index (κ2) is 6.25. The third kappa shape index (κ3) is 3.30. The van der Waals surface area contributed by atoms with Gasteiger partial charge in [-0.1, -0.05) is 57.3 Å². The minimum absolute atomic E-state index is 0.206. The minimum atomic E-state index is -0.206. The van der Waals surface area contributed by atoms with Crippen molar-refractivity contribution in [1.29, 1.82) is 0 Å². The van der Waals surface area contributed by atoms with Crippen molar-refractivity contribution in [2.24, 2.45) is 5.84 Å². The van der Waals surface area contributed by atoms with Gasteiger partial charge in [0.25, 0.3) is 0 Å². The van der Waals surface area contributed by atoms with E-state index < -0.39 is 0 Å². The molecule has 0 saturated heterocycles. The number of nitrogens with one attached hydrogen (secondary N) is 1. The van der Waals surface area contributed by atoms with Crippen LogP contribution < -0.4 is 11.3 Å². The normalized spacial score (nSPS) is 12.5. The van der Waals surface area contributed by atoms with E-state index in [1.54, 1.807) is 6.07 Å². The summed E-state index contributed by atoms with van der Waals surface area (Å²) in [4.78, 5) is 0. The Bertz CT molecular complexity index is 582. The highest BCUT2D eigenvalue weighted by Gasteiger charge is 2.17. The molecule has 0 spiro atoms. The van der Waals surface area contributed by atoms with Gasteiger partial charge < -0.3 is 0 Å². The van der Waals surface area contributed by atoms with Crippen molar-refractivity contribution in [3.05, 3.63) is 67.6 Å². The quantitative estimate of drug-likeness (QED) is 0.620. The first-order valence-corrected chi connectivity index (χ1v) is 7.25. The molecule has 0 aliphatic rings. The van der Waals surface area contributed by atoms with Crippen LogP contribution in [0, 0.1) is 6.92 Å². The van der Waals surface area contributed by atoms with E-state index in [4.69, 9.17) is 29.0 Å². The van der Waals surface area contributed by atoms with Crippen molar-refractivity contribution in [2.75, 3.05) is 0 Å². The highest BCUT2D eigenvalue weighted by Crippen LogP contribution is 2.33. The fourth-order valence-electron chi connectivity index (χ4n) is 2.04. The summed E-state index contributed by atoms with van der Waals surface area (Å²) in [5.41, 5.74) is 5.82. The van der Waals surface area contributed by atoms with Crippen molar-refractivity contribution in [3.8, 4) is 0 Å². The van der Waals surface area contributed by atoms with Gasteiger partial charge in [0.05, 0.1) is 16.1 Å². The highest BCUT2D eigenvalue weighted by atomic mass is 79.9. The van der Waals surface area contributed by atoms with E-state index >= 15 is 0 Å². The number of halogens is 3. The maximum absolute atomic E-state index is 6.26. The Labute approximate surface area is 131 Å². The van der Waals surface area contributed by atoms with E-state index in [9.17, 15) is 0 Å². The molecule has 0 aromatic heterocycles. The molecule has 3 N–H and O–H groups in total. The third-order valence-electron chi connectivity index (χ3n) is 2.86. The lowest BCUT2D eigenvalue weighted by atomic mass is 9.98. The van der Waals surface area contributed by atoms with Crippen LogP contribution in [0.3, 0.4) is 0 Å². The number of hydrogen-bond acceptors (Lipinski definition) is 2. The third-order valence-corrected chi connectivity index (χ3v) is 4.15.